The lowest BCUT2D eigenvalue weighted by atomic mass is 10.2. The van der Waals surface area contributed by atoms with Crippen LogP contribution in [0.4, 0.5) is 13.2 Å². The van der Waals surface area contributed by atoms with Gasteiger partial charge in [0.15, 0.2) is 11.5 Å². The Hall–Kier alpha value is -2.46. The fourth-order valence-corrected chi connectivity index (χ4v) is 3.39. The van der Waals surface area contributed by atoms with Crippen LogP contribution in [-0.4, -0.2) is 34.0 Å². The van der Waals surface area contributed by atoms with Gasteiger partial charge < -0.3 is 14.2 Å². The van der Waals surface area contributed by atoms with Crippen molar-refractivity contribution < 1.29 is 35.8 Å². The van der Waals surface area contributed by atoms with E-state index in [-0.39, 0.29) is 18.0 Å². The van der Waals surface area contributed by atoms with Gasteiger partial charge in [-0.15, -0.1) is 13.2 Å². The second-order valence-electron chi connectivity index (χ2n) is 5.37. The number of para-hydroxylation sites is 2. The molecule has 0 aromatic heterocycles. The smallest absolute Gasteiger partial charge is 0.486 e. The molecular weight excluding hydrogens is 375 g/mol. The molecule has 1 atom stereocenters. The van der Waals surface area contributed by atoms with Crippen LogP contribution in [0.3, 0.4) is 0 Å². The molecule has 0 amide bonds. The number of sulfonamides is 1. The molecule has 26 heavy (non-hydrogen) atoms. The molecule has 1 aliphatic heterocycles. The van der Waals surface area contributed by atoms with E-state index in [4.69, 9.17) is 9.47 Å². The van der Waals surface area contributed by atoms with E-state index in [1.54, 1.807) is 24.3 Å². The van der Waals surface area contributed by atoms with Crippen LogP contribution < -0.4 is 18.9 Å². The van der Waals surface area contributed by atoms with E-state index in [0.29, 0.717) is 11.5 Å². The average Bonchev–Trinajstić information content (AvgIpc) is 2.59. The molecule has 2 aromatic rings. The summed E-state index contributed by atoms with van der Waals surface area (Å²) in [4.78, 5) is -0.351. The van der Waals surface area contributed by atoms with Gasteiger partial charge in [-0.2, -0.15) is 0 Å². The van der Waals surface area contributed by atoms with Gasteiger partial charge in [0.1, 0.15) is 18.5 Å². The molecule has 2 aromatic carbocycles. The summed E-state index contributed by atoms with van der Waals surface area (Å²) in [6.07, 6.45) is -5.48. The number of alkyl halides is 3. The third-order valence-corrected chi connectivity index (χ3v) is 4.84. The number of nitrogens with one attached hydrogen (secondary N) is 1. The zero-order valence-corrected chi connectivity index (χ0v) is 14.0. The van der Waals surface area contributed by atoms with E-state index in [0.717, 1.165) is 18.2 Å². The first-order chi connectivity index (χ1) is 12.2. The molecule has 0 fully saturated rings. The standard InChI is InChI=1S/C16H14F3NO5S/c17-16(18,19)25-11-4-3-5-13(8-11)26(21,22)20-9-12-10-23-14-6-1-2-7-15(14)24-12/h1-8,12,20H,9-10H2. The molecule has 140 valence electrons. The van der Waals surface area contributed by atoms with Crippen LogP contribution in [0.5, 0.6) is 17.2 Å². The normalized spacial score (nSPS) is 17.0. The third kappa shape index (κ3) is 4.58. The topological polar surface area (TPSA) is 73.9 Å². The first-order valence-electron chi connectivity index (χ1n) is 7.47. The van der Waals surface area contributed by atoms with Crippen molar-refractivity contribution in [3.63, 3.8) is 0 Å². The van der Waals surface area contributed by atoms with Gasteiger partial charge >= 0.3 is 6.36 Å². The maximum atomic E-state index is 12.3. The van der Waals surface area contributed by atoms with Gasteiger partial charge in [-0.1, -0.05) is 18.2 Å². The molecule has 0 radical (unpaired) electrons. The van der Waals surface area contributed by atoms with E-state index in [1.807, 2.05) is 0 Å². The lowest BCUT2D eigenvalue weighted by Crippen LogP contribution is -2.40. The summed E-state index contributed by atoms with van der Waals surface area (Å²) in [6.45, 7) is 0.0256. The van der Waals surface area contributed by atoms with Crippen LogP contribution in [0.1, 0.15) is 0 Å². The first kappa shape index (κ1) is 18.3. The Bertz CT molecular complexity index is 885. The van der Waals surface area contributed by atoms with Crippen molar-refractivity contribution in [3.05, 3.63) is 48.5 Å². The van der Waals surface area contributed by atoms with E-state index in [9.17, 15) is 21.6 Å². The highest BCUT2D eigenvalue weighted by Crippen LogP contribution is 2.31. The van der Waals surface area contributed by atoms with Crippen molar-refractivity contribution in [2.24, 2.45) is 0 Å². The molecule has 3 rings (SSSR count). The predicted octanol–water partition coefficient (Wildman–Crippen LogP) is 2.70. The van der Waals surface area contributed by atoms with Gasteiger partial charge in [0, 0.05) is 6.07 Å². The Kier molecular flexibility index (Phi) is 4.97. The number of hydrogen-bond donors (Lipinski definition) is 1. The number of ether oxygens (including phenoxy) is 3. The third-order valence-electron chi connectivity index (χ3n) is 3.42. The van der Waals surface area contributed by atoms with Crippen molar-refractivity contribution >= 4 is 10.0 Å². The Morgan fingerprint density at radius 1 is 1.12 bits per heavy atom. The number of fused-ring (bicyclic) bond motifs is 1. The zero-order chi connectivity index (χ0) is 18.8. The van der Waals surface area contributed by atoms with Crippen molar-refractivity contribution in [1.82, 2.24) is 4.72 Å². The number of benzene rings is 2. The molecule has 0 aliphatic carbocycles. The van der Waals surface area contributed by atoms with Gasteiger partial charge in [-0.25, -0.2) is 13.1 Å². The van der Waals surface area contributed by atoms with Gasteiger partial charge in [0.2, 0.25) is 10.0 Å². The van der Waals surface area contributed by atoms with Crippen LogP contribution in [0, 0.1) is 0 Å². The molecule has 0 saturated carbocycles. The lowest BCUT2D eigenvalue weighted by Gasteiger charge is -2.26. The molecule has 1 heterocycles. The maximum absolute atomic E-state index is 12.3. The second-order valence-corrected chi connectivity index (χ2v) is 7.14. The Balaban J connectivity index is 1.65. The fourth-order valence-electron chi connectivity index (χ4n) is 2.29. The molecule has 0 saturated heterocycles. The summed E-state index contributed by atoms with van der Waals surface area (Å²) in [5.74, 6) is 0.429. The van der Waals surface area contributed by atoms with E-state index < -0.39 is 28.2 Å². The quantitative estimate of drug-likeness (QED) is 0.851. The number of halogens is 3. The van der Waals surface area contributed by atoms with Gasteiger partial charge in [-0.3, -0.25) is 0 Å². The lowest BCUT2D eigenvalue weighted by molar-refractivity contribution is -0.274. The largest absolute Gasteiger partial charge is 0.573 e. The van der Waals surface area contributed by atoms with Crippen LogP contribution >= 0.6 is 0 Å². The Morgan fingerprint density at radius 3 is 2.58 bits per heavy atom. The molecule has 10 heteroatoms. The van der Waals surface area contributed by atoms with Crippen molar-refractivity contribution in [2.45, 2.75) is 17.4 Å². The predicted molar refractivity (Wildman–Crippen MR) is 84.7 cm³/mol. The summed E-state index contributed by atoms with van der Waals surface area (Å²) in [7, 11) is -4.05. The second kappa shape index (κ2) is 7.04. The molecule has 0 bridgehead atoms. The maximum Gasteiger partial charge on any atom is 0.573 e. The summed E-state index contributed by atoms with van der Waals surface area (Å²) in [5, 5.41) is 0. The van der Waals surface area contributed by atoms with Crippen LogP contribution in [-0.2, 0) is 10.0 Å². The highest BCUT2D eigenvalue weighted by molar-refractivity contribution is 7.89. The van der Waals surface area contributed by atoms with Crippen LogP contribution in [0.2, 0.25) is 0 Å². The molecule has 6 nitrogen and oxygen atoms in total. The fraction of sp³-hybridized carbons (Fsp3) is 0.250. The molecule has 1 aliphatic rings. The van der Waals surface area contributed by atoms with Crippen molar-refractivity contribution in [2.75, 3.05) is 13.2 Å². The number of rotatable bonds is 5. The molecule has 1 N–H and O–H groups in total. The molecule has 0 spiro atoms. The summed E-state index contributed by atoms with van der Waals surface area (Å²) in [6, 6.07) is 11.1. The average molecular weight is 389 g/mol. The minimum atomic E-state index is -4.91. The minimum Gasteiger partial charge on any atom is -0.486 e. The van der Waals surface area contributed by atoms with Gasteiger partial charge in [0.05, 0.1) is 11.4 Å². The van der Waals surface area contributed by atoms with Crippen molar-refractivity contribution in [1.29, 1.82) is 0 Å². The van der Waals surface area contributed by atoms with Crippen molar-refractivity contribution in [3.8, 4) is 17.2 Å². The highest BCUT2D eigenvalue weighted by atomic mass is 32.2. The van der Waals surface area contributed by atoms with E-state index >= 15 is 0 Å². The van der Waals surface area contributed by atoms with E-state index in [2.05, 4.69) is 9.46 Å². The van der Waals surface area contributed by atoms with Crippen LogP contribution in [0.15, 0.2) is 53.4 Å². The summed E-state index contributed by atoms with van der Waals surface area (Å²) >= 11 is 0. The number of hydrogen-bond acceptors (Lipinski definition) is 5. The Labute approximate surface area is 147 Å². The van der Waals surface area contributed by atoms with Gasteiger partial charge in [-0.05, 0) is 24.3 Å². The molecule has 1 unspecified atom stereocenters. The summed E-state index contributed by atoms with van der Waals surface area (Å²) in [5.41, 5.74) is 0. The summed E-state index contributed by atoms with van der Waals surface area (Å²) < 4.78 is 78.5. The Morgan fingerprint density at radius 2 is 1.85 bits per heavy atom. The highest BCUT2D eigenvalue weighted by Gasteiger charge is 2.31. The van der Waals surface area contributed by atoms with E-state index in [1.165, 1.54) is 6.07 Å². The molecular formula is C16H14F3NO5S. The van der Waals surface area contributed by atoms with Gasteiger partial charge in [0.25, 0.3) is 0 Å². The SMILES string of the molecule is O=S(=O)(NCC1COc2ccccc2O1)c1cccc(OC(F)(F)F)c1. The monoisotopic (exact) mass is 389 g/mol. The zero-order valence-electron chi connectivity index (χ0n) is 13.2. The first-order valence-corrected chi connectivity index (χ1v) is 8.95. The van der Waals surface area contributed by atoms with Crippen LogP contribution in [0.25, 0.3) is 0 Å². The minimum absolute atomic E-state index is 0.110.